The van der Waals surface area contributed by atoms with E-state index in [2.05, 4.69) is 11.4 Å². The van der Waals surface area contributed by atoms with Crippen LogP contribution in [-0.4, -0.2) is 29.1 Å². The van der Waals surface area contributed by atoms with Crippen LogP contribution in [-0.2, 0) is 11.2 Å². The number of nitriles is 1. The third kappa shape index (κ3) is 5.78. The van der Waals surface area contributed by atoms with Crippen LogP contribution in [0.1, 0.15) is 53.2 Å². The van der Waals surface area contributed by atoms with Gasteiger partial charge in [0.2, 0.25) is 0 Å². The van der Waals surface area contributed by atoms with Crippen LogP contribution in [0, 0.1) is 11.3 Å². The SMILES string of the molecule is CC1(C)CC(C(=O)O)c2cc(C#N)c(Oc3ccc(C(=O)NCCc4ccc(Cl)cc4)cc3)cc2O1. The van der Waals surface area contributed by atoms with Crippen LogP contribution in [0.3, 0.4) is 0 Å². The number of rotatable bonds is 7. The third-order valence-corrected chi connectivity index (χ3v) is 6.20. The lowest BCUT2D eigenvalue weighted by Gasteiger charge is -2.36. The molecular formula is C28H25ClN2O5. The van der Waals surface area contributed by atoms with Gasteiger partial charge in [-0.25, -0.2) is 0 Å². The number of hydrogen-bond acceptors (Lipinski definition) is 5. The van der Waals surface area contributed by atoms with Gasteiger partial charge in [-0.05, 0) is 68.3 Å². The average Bonchev–Trinajstić information content (AvgIpc) is 2.84. The van der Waals surface area contributed by atoms with Gasteiger partial charge in [-0.2, -0.15) is 5.26 Å². The van der Waals surface area contributed by atoms with E-state index in [0.29, 0.717) is 47.0 Å². The number of carboxylic acid groups (broad SMARTS) is 1. The molecule has 1 amide bonds. The molecular weight excluding hydrogens is 480 g/mol. The van der Waals surface area contributed by atoms with Crippen LogP contribution in [0.15, 0.2) is 60.7 Å². The Balaban J connectivity index is 1.45. The van der Waals surface area contributed by atoms with Crippen molar-refractivity contribution < 1.29 is 24.2 Å². The molecule has 0 aliphatic carbocycles. The number of nitrogens with one attached hydrogen (secondary N) is 1. The molecule has 1 unspecified atom stereocenters. The van der Waals surface area contributed by atoms with Gasteiger partial charge in [0.15, 0.2) is 0 Å². The van der Waals surface area contributed by atoms with Gasteiger partial charge in [0, 0.05) is 35.2 Å². The molecule has 36 heavy (non-hydrogen) atoms. The number of benzene rings is 3. The first kappa shape index (κ1) is 25.1. The summed E-state index contributed by atoms with van der Waals surface area (Å²) in [6.07, 6.45) is 0.977. The Morgan fingerprint density at radius 1 is 1.17 bits per heavy atom. The van der Waals surface area contributed by atoms with E-state index in [1.165, 1.54) is 6.07 Å². The Bertz CT molecular complexity index is 1330. The predicted octanol–water partition coefficient (Wildman–Crippen LogP) is 5.71. The van der Waals surface area contributed by atoms with Crippen molar-refractivity contribution in [3.05, 3.63) is 87.9 Å². The lowest BCUT2D eigenvalue weighted by atomic mass is 9.83. The lowest BCUT2D eigenvalue weighted by molar-refractivity contribution is -0.140. The first-order chi connectivity index (χ1) is 17.1. The molecule has 8 heteroatoms. The molecule has 0 bridgehead atoms. The molecule has 0 fully saturated rings. The largest absolute Gasteiger partial charge is 0.487 e. The molecule has 1 atom stereocenters. The number of nitrogens with zero attached hydrogens (tertiary/aromatic N) is 1. The van der Waals surface area contributed by atoms with Crippen LogP contribution < -0.4 is 14.8 Å². The van der Waals surface area contributed by atoms with Gasteiger partial charge >= 0.3 is 5.97 Å². The van der Waals surface area contributed by atoms with Gasteiger partial charge in [-0.3, -0.25) is 9.59 Å². The third-order valence-electron chi connectivity index (χ3n) is 5.94. The molecule has 3 aromatic carbocycles. The quantitative estimate of drug-likeness (QED) is 0.427. The summed E-state index contributed by atoms with van der Waals surface area (Å²) in [5.41, 5.74) is 1.52. The van der Waals surface area contributed by atoms with E-state index >= 15 is 0 Å². The Morgan fingerprint density at radius 2 is 1.86 bits per heavy atom. The molecule has 2 N–H and O–H groups in total. The first-order valence-corrected chi connectivity index (χ1v) is 11.8. The van der Waals surface area contributed by atoms with Crippen LogP contribution in [0.5, 0.6) is 17.2 Å². The molecule has 0 saturated heterocycles. The molecule has 4 rings (SSSR count). The van der Waals surface area contributed by atoms with Gasteiger partial charge in [0.05, 0.1) is 11.5 Å². The fraction of sp³-hybridized carbons (Fsp3) is 0.250. The number of fused-ring (bicyclic) bond motifs is 1. The summed E-state index contributed by atoms with van der Waals surface area (Å²) in [5, 5.41) is 22.9. The number of aliphatic carboxylic acids is 1. The van der Waals surface area contributed by atoms with Crippen molar-refractivity contribution in [3.8, 4) is 23.3 Å². The molecule has 7 nitrogen and oxygen atoms in total. The molecule has 1 aliphatic rings. The number of carbonyl (C=O) groups is 2. The second kappa shape index (κ2) is 10.3. The first-order valence-electron chi connectivity index (χ1n) is 11.5. The Morgan fingerprint density at radius 3 is 2.50 bits per heavy atom. The highest BCUT2D eigenvalue weighted by atomic mass is 35.5. The molecule has 1 heterocycles. The zero-order valence-electron chi connectivity index (χ0n) is 19.9. The minimum absolute atomic E-state index is 0.201. The van der Waals surface area contributed by atoms with Crippen molar-refractivity contribution in [2.24, 2.45) is 0 Å². The molecule has 0 spiro atoms. The summed E-state index contributed by atoms with van der Waals surface area (Å²) < 4.78 is 11.9. The van der Waals surface area contributed by atoms with Gasteiger partial charge in [0.25, 0.3) is 5.91 Å². The summed E-state index contributed by atoms with van der Waals surface area (Å²) in [6, 6.07) is 19.2. The number of ether oxygens (including phenoxy) is 2. The molecule has 184 valence electrons. The zero-order chi connectivity index (χ0) is 25.9. The Kier molecular flexibility index (Phi) is 7.18. The van der Waals surface area contributed by atoms with E-state index in [0.717, 1.165) is 5.56 Å². The second-order valence-corrected chi connectivity index (χ2v) is 9.65. The van der Waals surface area contributed by atoms with E-state index < -0.39 is 17.5 Å². The highest BCUT2D eigenvalue weighted by Crippen LogP contribution is 2.44. The molecule has 0 aromatic heterocycles. The van der Waals surface area contributed by atoms with Crippen LogP contribution >= 0.6 is 11.6 Å². The number of carbonyl (C=O) groups excluding carboxylic acids is 1. The topological polar surface area (TPSA) is 109 Å². The maximum Gasteiger partial charge on any atom is 0.311 e. The maximum absolute atomic E-state index is 12.5. The van der Waals surface area contributed by atoms with Crippen LogP contribution in [0.2, 0.25) is 5.02 Å². The Labute approximate surface area is 214 Å². The summed E-state index contributed by atoms with van der Waals surface area (Å²) in [6.45, 7) is 4.13. The highest BCUT2D eigenvalue weighted by Gasteiger charge is 2.38. The van der Waals surface area contributed by atoms with E-state index in [9.17, 15) is 20.0 Å². The Hall–Kier alpha value is -4.02. The van der Waals surface area contributed by atoms with E-state index in [4.69, 9.17) is 21.1 Å². The molecule has 0 radical (unpaired) electrons. The number of halogens is 1. The summed E-state index contributed by atoms with van der Waals surface area (Å²) in [4.78, 5) is 24.3. The van der Waals surface area contributed by atoms with Gasteiger partial charge in [-0.1, -0.05) is 23.7 Å². The fourth-order valence-electron chi connectivity index (χ4n) is 4.15. The fourth-order valence-corrected chi connectivity index (χ4v) is 4.27. The van der Waals surface area contributed by atoms with Gasteiger partial charge in [0.1, 0.15) is 28.9 Å². The van der Waals surface area contributed by atoms with Crippen molar-refractivity contribution in [1.29, 1.82) is 5.26 Å². The standard InChI is InChI=1S/C28H25ClN2O5/c1-28(2)15-23(27(33)34)22-13-19(16-30)24(14-25(22)36-28)35-21-9-5-18(6-10-21)26(32)31-12-11-17-3-7-20(29)8-4-17/h3-10,13-14,23H,11-12,15H2,1-2H3,(H,31,32)(H,33,34). The highest BCUT2D eigenvalue weighted by molar-refractivity contribution is 6.30. The summed E-state index contributed by atoms with van der Waals surface area (Å²) in [5.74, 6) is -0.899. The summed E-state index contributed by atoms with van der Waals surface area (Å²) in [7, 11) is 0. The minimum atomic E-state index is -0.966. The number of amides is 1. The van der Waals surface area contributed by atoms with E-state index in [-0.39, 0.29) is 17.2 Å². The number of carboxylic acids is 1. The van der Waals surface area contributed by atoms with Crippen molar-refractivity contribution in [2.45, 2.75) is 38.2 Å². The van der Waals surface area contributed by atoms with E-state index in [1.807, 2.05) is 38.1 Å². The van der Waals surface area contributed by atoms with Crippen molar-refractivity contribution in [2.75, 3.05) is 6.54 Å². The molecule has 3 aromatic rings. The summed E-state index contributed by atoms with van der Waals surface area (Å²) >= 11 is 5.89. The lowest BCUT2D eigenvalue weighted by Crippen LogP contribution is -2.37. The average molecular weight is 505 g/mol. The minimum Gasteiger partial charge on any atom is -0.487 e. The number of hydrogen-bond donors (Lipinski definition) is 2. The van der Waals surface area contributed by atoms with E-state index in [1.54, 1.807) is 30.3 Å². The van der Waals surface area contributed by atoms with Gasteiger partial charge in [-0.15, -0.1) is 0 Å². The maximum atomic E-state index is 12.5. The van der Waals surface area contributed by atoms with Crippen LogP contribution in [0.25, 0.3) is 0 Å². The second-order valence-electron chi connectivity index (χ2n) is 9.21. The van der Waals surface area contributed by atoms with Crippen molar-refractivity contribution >= 4 is 23.5 Å². The predicted molar refractivity (Wildman–Crippen MR) is 135 cm³/mol. The monoisotopic (exact) mass is 504 g/mol. The molecule has 1 aliphatic heterocycles. The van der Waals surface area contributed by atoms with Crippen LogP contribution in [0.4, 0.5) is 0 Å². The van der Waals surface area contributed by atoms with Gasteiger partial charge < -0.3 is 19.9 Å². The normalized spacial score (nSPS) is 15.7. The van der Waals surface area contributed by atoms with Crippen molar-refractivity contribution in [3.63, 3.8) is 0 Å². The smallest absolute Gasteiger partial charge is 0.311 e. The molecule has 0 saturated carbocycles. The van der Waals surface area contributed by atoms with Crippen molar-refractivity contribution in [1.82, 2.24) is 5.32 Å². The zero-order valence-corrected chi connectivity index (χ0v) is 20.6.